The lowest BCUT2D eigenvalue weighted by atomic mass is 9.78. The van der Waals surface area contributed by atoms with E-state index in [1.54, 1.807) is 0 Å². The summed E-state index contributed by atoms with van der Waals surface area (Å²) >= 11 is 0. The summed E-state index contributed by atoms with van der Waals surface area (Å²) in [5, 5.41) is 11.0. The molecule has 0 aliphatic heterocycles. The van der Waals surface area contributed by atoms with Crippen LogP contribution in [0, 0.1) is 16.0 Å². The molecule has 4 nitrogen and oxygen atoms in total. The lowest BCUT2D eigenvalue weighted by Crippen LogP contribution is -2.24. The first kappa shape index (κ1) is 11.3. The highest BCUT2D eigenvalue weighted by atomic mass is 16.6. The van der Waals surface area contributed by atoms with Crippen LogP contribution in [0.25, 0.3) is 0 Å². The summed E-state index contributed by atoms with van der Waals surface area (Å²) in [5.74, 6) is 0.0944. The molecule has 0 aromatic rings. The Bertz CT molecular complexity index is 346. The molecule has 1 unspecified atom stereocenters. The van der Waals surface area contributed by atoms with Gasteiger partial charge < -0.3 is 0 Å². The van der Waals surface area contributed by atoms with Crippen molar-refractivity contribution in [2.24, 2.45) is 5.92 Å². The number of hydrogen-bond acceptors (Lipinski definition) is 3. The fourth-order valence-corrected chi connectivity index (χ4v) is 2.85. The fourth-order valence-electron chi connectivity index (χ4n) is 2.85. The average molecular weight is 223 g/mol. The van der Waals surface area contributed by atoms with Crippen molar-refractivity contribution in [2.45, 2.75) is 51.4 Å². The van der Waals surface area contributed by atoms with Crippen LogP contribution in [-0.4, -0.2) is 10.7 Å². The number of allylic oxidation sites excluding steroid dienone is 2. The van der Waals surface area contributed by atoms with E-state index in [2.05, 4.69) is 0 Å². The SMILES string of the molecule is O=C1CCCCC1C1=C([N+](=O)[O-])CCCC1. The summed E-state index contributed by atoms with van der Waals surface area (Å²) in [6, 6.07) is 0. The molecule has 0 N–H and O–H groups in total. The van der Waals surface area contributed by atoms with Crippen LogP contribution in [0.2, 0.25) is 0 Å². The van der Waals surface area contributed by atoms with Gasteiger partial charge in [-0.3, -0.25) is 14.9 Å². The molecule has 0 heterocycles. The summed E-state index contributed by atoms with van der Waals surface area (Å²) in [4.78, 5) is 22.5. The van der Waals surface area contributed by atoms with Crippen LogP contribution < -0.4 is 0 Å². The maximum atomic E-state index is 11.8. The van der Waals surface area contributed by atoms with Crippen molar-refractivity contribution in [3.05, 3.63) is 21.4 Å². The summed E-state index contributed by atoms with van der Waals surface area (Å²) in [6.07, 6.45) is 6.61. The standard InChI is InChI=1S/C12H17NO3/c14-12-8-4-2-6-10(12)9-5-1-3-7-11(9)13(15)16/h10H,1-8H2. The van der Waals surface area contributed by atoms with E-state index in [1.807, 2.05) is 0 Å². The van der Waals surface area contributed by atoms with Gasteiger partial charge in [-0.05, 0) is 32.1 Å². The second-order valence-electron chi connectivity index (χ2n) is 4.70. The molecule has 88 valence electrons. The van der Waals surface area contributed by atoms with Crippen molar-refractivity contribution in [3.8, 4) is 0 Å². The van der Waals surface area contributed by atoms with Crippen molar-refractivity contribution < 1.29 is 9.72 Å². The molecule has 2 aliphatic rings. The molecule has 2 aliphatic carbocycles. The van der Waals surface area contributed by atoms with Crippen LogP contribution in [0.3, 0.4) is 0 Å². The minimum atomic E-state index is -0.267. The number of ketones is 1. The Morgan fingerprint density at radius 2 is 1.75 bits per heavy atom. The van der Waals surface area contributed by atoms with Gasteiger partial charge in [-0.1, -0.05) is 6.42 Å². The summed E-state index contributed by atoms with van der Waals surface area (Å²) in [7, 11) is 0. The highest BCUT2D eigenvalue weighted by molar-refractivity contribution is 5.84. The molecule has 0 amide bonds. The van der Waals surface area contributed by atoms with Crippen molar-refractivity contribution >= 4 is 5.78 Å². The minimum absolute atomic E-state index is 0.130. The van der Waals surface area contributed by atoms with Gasteiger partial charge in [0, 0.05) is 24.3 Å². The smallest absolute Gasteiger partial charge is 0.246 e. The Hall–Kier alpha value is -1.19. The number of nitrogens with zero attached hydrogens (tertiary/aromatic N) is 1. The third kappa shape index (κ3) is 2.15. The fraction of sp³-hybridized carbons (Fsp3) is 0.750. The maximum Gasteiger partial charge on any atom is 0.246 e. The molecular weight excluding hydrogens is 206 g/mol. The Balaban J connectivity index is 2.27. The van der Waals surface area contributed by atoms with Gasteiger partial charge in [0.25, 0.3) is 0 Å². The zero-order chi connectivity index (χ0) is 11.5. The molecule has 0 radical (unpaired) electrons. The number of hydrogen-bond donors (Lipinski definition) is 0. The largest absolute Gasteiger partial charge is 0.299 e. The lowest BCUT2D eigenvalue weighted by molar-refractivity contribution is -0.430. The molecule has 2 rings (SSSR count). The summed E-state index contributed by atoms with van der Waals surface area (Å²) in [5.41, 5.74) is 1.19. The van der Waals surface area contributed by atoms with Crippen molar-refractivity contribution in [3.63, 3.8) is 0 Å². The second-order valence-corrected chi connectivity index (χ2v) is 4.70. The van der Waals surface area contributed by atoms with E-state index >= 15 is 0 Å². The molecule has 0 spiro atoms. The van der Waals surface area contributed by atoms with E-state index in [4.69, 9.17) is 0 Å². The molecular formula is C12H17NO3. The molecule has 1 atom stereocenters. The van der Waals surface area contributed by atoms with Crippen LogP contribution in [0.4, 0.5) is 0 Å². The first-order chi connectivity index (χ1) is 7.70. The average Bonchev–Trinajstić information content (AvgIpc) is 2.29. The third-order valence-electron chi connectivity index (χ3n) is 3.68. The van der Waals surface area contributed by atoms with Crippen LogP contribution in [-0.2, 0) is 4.79 Å². The van der Waals surface area contributed by atoms with E-state index in [9.17, 15) is 14.9 Å². The molecule has 0 aromatic carbocycles. The van der Waals surface area contributed by atoms with Gasteiger partial charge >= 0.3 is 0 Å². The second kappa shape index (κ2) is 4.76. The molecule has 0 aromatic heterocycles. The highest BCUT2D eigenvalue weighted by Gasteiger charge is 2.33. The Morgan fingerprint density at radius 1 is 1.06 bits per heavy atom. The Labute approximate surface area is 94.9 Å². The Morgan fingerprint density at radius 3 is 2.44 bits per heavy atom. The van der Waals surface area contributed by atoms with Gasteiger partial charge in [0.15, 0.2) is 0 Å². The molecule has 0 saturated heterocycles. The first-order valence-electron chi connectivity index (χ1n) is 6.09. The number of rotatable bonds is 2. The van der Waals surface area contributed by atoms with Crippen LogP contribution in [0.5, 0.6) is 0 Å². The minimum Gasteiger partial charge on any atom is -0.299 e. The third-order valence-corrected chi connectivity index (χ3v) is 3.68. The summed E-state index contributed by atoms with van der Waals surface area (Å²) < 4.78 is 0. The van der Waals surface area contributed by atoms with E-state index in [0.717, 1.165) is 44.1 Å². The van der Waals surface area contributed by atoms with Gasteiger partial charge in [-0.25, -0.2) is 0 Å². The topological polar surface area (TPSA) is 60.2 Å². The zero-order valence-electron chi connectivity index (χ0n) is 9.41. The first-order valence-corrected chi connectivity index (χ1v) is 6.09. The van der Waals surface area contributed by atoms with Crippen LogP contribution >= 0.6 is 0 Å². The molecule has 1 fully saturated rings. The van der Waals surface area contributed by atoms with Gasteiger partial charge in [0.1, 0.15) is 5.78 Å². The monoisotopic (exact) mass is 223 g/mol. The Kier molecular flexibility index (Phi) is 3.36. The van der Waals surface area contributed by atoms with Crippen LogP contribution in [0.15, 0.2) is 11.3 Å². The van der Waals surface area contributed by atoms with Crippen molar-refractivity contribution in [1.82, 2.24) is 0 Å². The predicted octanol–water partition coefficient (Wildman–Crippen LogP) is 2.85. The quantitative estimate of drug-likeness (QED) is 0.534. The van der Waals surface area contributed by atoms with Gasteiger partial charge in [-0.15, -0.1) is 0 Å². The van der Waals surface area contributed by atoms with Gasteiger partial charge in [0.2, 0.25) is 5.70 Å². The zero-order valence-corrected chi connectivity index (χ0v) is 9.41. The van der Waals surface area contributed by atoms with E-state index in [0.29, 0.717) is 18.5 Å². The number of nitro groups is 1. The molecule has 16 heavy (non-hydrogen) atoms. The molecule has 0 bridgehead atoms. The van der Waals surface area contributed by atoms with Crippen molar-refractivity contribution in [1.29, 1.82) is 0 Å². The molecule has 1 saturated carbocycles. The number of carbonyl (C=O) groups is 1. The molecule has 4 heteroatoms. The number of carbonyl (C=O) groups excluding carboxylic acids is 1. The van der Waals surface area contributed by atoms with Crippen molar-refractivity contribution in [2.75, 3.05) is 0 Å². The maximum absolute atomic E-state index is 11.8. The number of Topliss-reactive ketones (excluding diaryl/α,β-unsaturated/α-hetero) is 1. The van der Waals surface area contributed by atoms with E-state index in [1.165, 1.54) is 0 Å². The normalized spacial score (nSPS) is 27.0. The van der Waals surface area contributed by atoms with Gasteiger partial charge in [0.05, 0.1) is 4.92 Å². The van der Waals surface area contributed by atoms with Crippen LogP contribution in [0.1, 0.15) is 51.4 Å². The highest BCUT2D eigenvalue weighted by Crippen LogP contribution is 2.36. The van der Waals surface area contributed by atoms with Gasteiger partial charge in [-0.2, -0.15) is 0 Å². The summed E-state index contributed by atoms with van der Waals surface area (Å²) in [6.45, 7) is 0. The predicted molar refractivity (Wildman–Crippen MR) is 59.5 cm³/mol. The van der Waals surface area contributed by atoms with E-state index < -0.39 is 0 Å². The van der Waals surface area contributed by atoms with E-state index in [-0.39, 0.29) is 16.6 Å². The lowest BCUT2D eigenvalue weighted by Gasteiger charge is -2.25.